The van der Waals surface area contributed by atoms with E-state index in [1.807, 2.05) is 60.0 Å². The second kappa shape index (κ2) is 7.55. The Balaban J connectivity index is 1.94. The van der Waals surface area contributed by atoms with Crippen LogP contribution in [0.25, 0.3) is 17.1 Å². The highest BCUT2D eigenvalue weighted by Gasteiger charge is 2.15. The molecule has 0 atom stereocenters. The molecule has 1 aromatic heterocycles. The summed E-state index contributed by atoms with van der Waals surface area (Å²) in [6.07, 6.45) is 3.84. The largest absolute Gasteiger partial charge is 0.426 e. The number of aromatic nitrogens is 3. The van der Waals surface area contributed by atoms with Gasteiger partial charge in [0.2, 0.25) is 0 Å². The van der Waals surface area contributed by atoms with E-state index in [4.69, 9.17) is 4.74 Å². The van der Waals surface area contributed by atoms with E-state index in [0.29, 0.717) is 18.0 Å². The molecule has 0 bridgehead atoms. The van der Waals surface area contributed by atoms with Gasteiger partial charge in [-0.2, -0.15) is 0 Å². The highest BCUT2D eigenvalue weighted by molar-refractivity contribution is 5.76. The second-order valence-electron chi connectivity index (χ2n) is 5.43. The third kappa shape index (κ3) is 3.51. The Morgan fingerprint density at radius 2 is 1.83 bits per heavy atom. The Morgan fingerprint density at radius 3 is 2.62 bits per heavy atom. The second-order valence-corrected chi connectivity index (χ2v) is 5.43. The van der Waals surface area contributed by atoms with Crippen LogP contribution in [0.15, 0.2) is 60.9 Å². The lowest BCUT2D eigenvalue weighted by Crippen LogP contribution is -2.08. The lowest BCUT2D eigenvalue weighted by atomic mass is 10.1. The summed E-state index contributed by atoms with van der Waals surface area (Å²) in [5, 5.41) is 8.23. The number of carbonyl (C=O) groups is 1. The van der Waals surface area contributed by atoms with Crippen LogP contribution in [0.4, 0.5) is 0 Å². The van der Waals surface area contributed by atoms with Gasteiger partial charge in [-0.05, 0) is 30.7 Å². The zero-order valence-corrected chi connectivity index (χ0v) is 13.6. The summed E-state index contributed by atoms with van der Waals surface area (Å²) in [4.78, 5) is 12.0. The third-order valence-electron chi connectivity index (χ3n) is 3.67. The number of esters is 1. The van der Waals surface area contributed by atoms with Crippen molar-refractivity contribution in [1.82, 2.24) is 14.8 Å². The van der Waals surface area contributed by atoms with E-state index in [0.717, 1.165) is 24.1 Å². The molecule has 0 amide bonds. The fourth-order valence-corrected chi connectivity index (χ4v) is 2.43. The number of ether oxygens (including phenoxy) is 1. The van der Waals surface area contributed by atoms with Crippen molar-refractivity contribution >= 4 is 5.97 Å². The summed E-state index contributed by atoms with van der Waals surface area (Å²) in [6, 6.07) is 17.2. The van der Waals surface area contributed by atoms with Crippen molar-refractivity contribution in [1.29, 1.82) is 0 Å². The van der Waals surface area contributed by atoms with Crippen LogP contribution < -0.4 is 4.74 Å². The van der Waals surface area contributed by atoms with Gasteiger partial charge < -0.3 is 4.74 Å². The topological polar surface area (TPSA) is 57.0 Å². The number of hydrogen-bond donors (Lipinski definition) is 0. The number of hydrogen-bond acceptors (Lipinski definition) is 4. The monoisotopic (exact) mass is 321 g/mol. The van der Waals surface area contributed by atoms with Gasteiger partial charge in [-0.25, -0.2) is 0 Å². The summed E-state index contributed by atoms with van der Waals surface area (Å²) in [5.41, 5.74) is 1.69. The molecule has 5 heteroatoms. The minimum absolute atomic E-state index is 0.227. The summed E-state index contributed by atoms with van der Waals surface area (Å²) in [6.45, 7) is 2.05. The molecule has 0 fully saturated rings. The van der Waals surface area contributed by atoms with Gasteiger partial charge in [-0.3, -0.25) is 9.36 Å². The molecule has 0 N–H and O–H groups in total. The van der Waals surface area contributed by atoms with Crippen molar-refractivity contribution in [2.24, 2.45) is 0 Å². The van der Waals surface area contributed by atoms with E-state index in [1.54, 1.807) is 12.4 Å². The minimum atomic E-state index is -0.227. The summed E-state index contributed by atoms with van der Waals surface area (Å²) in [7, 11) is 0. The van der Waals surface area contributed by atoms with Crippen LogP contribution in [0.2, 0.25) is 0 Å². The van der Waals surface area contributed by atoms with Crippen molar-refractivity contribution < 1.29 is 9.53 Å². The quantitative estimate of drug-likeness (QED) is 0.508. The van der Waals surface area contributed by atoms with Crippen LogP contribution in [0.5, 0.6) is 5.75 Å². The first-order valence-corrected chi connectivity index (χ1v) is 8.05. The first-order valence-electron chi connectivity index (χ1n) is 8.05. The van der Waals surface area contributed by atoms with Gasteiger partial charge in [0.25, 0.3) is 0 Å². The molecule has 0 saturated carbocycles. The first-order chi connectivity index (χ1) is 11.8. The van der Waals surface area contributed by atoms with Crippen molar-refractivity contribution in [2.45, 2.75) is 26.2 Å². The van der Waals surface area contributed by atoms with Crippen LogP contribution >= 0.6 is 0 Å². The standard InChI is InChI=1S/C19H19N3O2/c1-2-3-13-18(23)24-17-12-8-7-11-16(17)19-21-20-14-22(19)15-9-5-4-6-10-15/h4-12,14H,2-3,13H2,1H3. The van der Waals surface area contributed by atoms with E-state index in [9.17, 15) is 4.79 Å². The predicted octanol–water partition coefficient (Wildman–Crippen LogP) is 4.03. The number of rotatable bonds is 6. The van der Waals surface area contributed by atoms with E-state index in [2.05, 4.69) is 10.2 Å². The van der Waals surface area contributed by atoms with Gasteiger partial charge in [0.05, 0.1) is 5.56 Å². The number of nitrogens with zero attached hydrogens (tertiary/aromatic N) is 3. The van der Waals surface area contributed by atoms with Crippen molar-refractivity contribution in [3.05, 3.63) is 60.9 Å². The van der Waals surface area contributed by atoms with Gasteiger partial charge >= 0.3 is 5.97 Å². The summed E-state index contributed by atoms with van der Waals surface area (Å²) in [5.74, 6) is 0.916. The average molecular weight is 321 g/mol. The Morgan fingerprint density at radius 1 is 1.08 bits per heavy atom. The van der Waals surface area contributed by atoms with Crippen LogP contribution in [-0.4, -0.2) is 20.7 Å². The van der Waals surface area contributed by atoms with Crippen LogP contribution in [0.1, 0.15) is 26.2 Å². The maximum Gasteiger partial charge on any atom is 0.311 e. The lowest BCUT2D eigenvalue weighted by Gasteiger charge is -2.11. The lowest BCUT2D eigenvalue weighted by molar-refractivity contribution is -0.134. The Kier molecular flexibility index (Phi) is 5.01. The van der Waals surface area contributed by atoms with Crippen molar-refractivity contribution in [3.63, 3.8) is 0 Å². The molecule has 3 rings (SSSR count). The number of carbonyl (C=O) groups excluding carboxylic acids is 1. The summed E-state index contributed by atoms with van der Waals surface area (Å²) >= 11 is 0. The number of benzene rings is 2. The van der Waals surface area contributed by atoms with Gasteiger partial charge in [0.15, 0.2) is 5.82 Å². The molecule has 1 heterocycles. The van der Waals surface area contributed by atoms with Gasteiger partial charge in [-0.1, -0.05) is 43.7 Å². The fourth-order valence-electron chi connectivity index (χ4n) is 2.43. The number of para-hydroxylation sites is 2. The van der Waals surface area contributed by atoms with E-state index < -0.39 is 0 Å². The molecule has 122 valence electrons. The van der Waals surface area contributed by atoms with E-state index in [1.165, 1.54) is 0 Å². The maximum absolute atomic E-state index is 12.0. The Hall–Kier alpha value is -2.95. The maximum atomic E-state index is 12.0. The van der Waals surface area contributed by atoms with Crippen molar-refractivity contribution in [2.75, 3.05) is 0 Å². The molecular weight excluding hydrogens is 302 g/mol. The molecule has 5 nitrogen and oxygen atoms in total. The van der Waals surface area contributed by atoms with Gasteiger partial charge in [0.1, 0.15) is 12.1 Å². The summed E-state index contributed by atoms with van der Waals surface area (Å²) < 4.78 is 7.42. The third-order valence-corrected chi connectivity index (χ3v) is 3.67. The average Bonchev–Trinajstić information content (AvgIpc) is 3.11. The molecule has 0 unspecified atom stereocenters. The predicted molar refractivity (Wildman–Crippen MR) is 92.0 cm³/mol. The molecule has 0 aliphatic carbocycles. The van der Waals surface area contributed by atoms with Crippen LogP contribution in [0.3, 0.4) is 0 Å². The van der Waals surface area contributed by atoms with E-state index >= 15 is 0 Å². The Bertz CT molecular complexity index is 812. The molecule has 0 radical (unpaired) electrons. The fraction of sp³-hybridized carbons (Fsp3) is 0.211. The van der Waals surface area contributed by atoms with Crippen LogP contribution in [-0.2, 0) is 4.79 Å². The molecule has 2 aromatic carbocycles. The van der Waals surface area contributed by atoms with Crippen LogP contribution in [0, 0.1) is 0 Å². The molecule has 0 aliphatic heterocycles. The molecule has 24 heavy (non-hydrogen) atoms. The molecule has 0 saturated heterocycles. The molecule has 3 aromatic rings. The first kappa shape index (κ1) is 15.9. The number of unbranched alkanes of at least 4 members (excludes halogenated alkanes) is 1. The Labute approximate surface area is 140 Å². The minimum Gasteiger partial charge on any atom is -0.426 e. The van der Waals surface area contributed by atoms with E-state index in [-0.39, 0.29) is 5.97 Å². The molecule has 0 aliphatic rings. The highest BCUT2D eigenvalue weighted by atomic mass is 16.5. The van der Waals surface area contributed by atoms with Gasteiger partial charge in [0, 0.05) is 12.1 Å². The SMILES string of the molecule is CCCCC(=O)Oc1ccccc1-c1nncn1-c1ccccc1. The molecular formula is C19H19N3O2. The zero-order chi connectivity index (χ0) is 16.8. The molecule has 0 spiro atoms. The van der Waals surface area contributed by atoms with Gasteiger partial charge in [-0.15, -0.1) is 10.2 Å². The smallest absolute Gasteiger partial charge is 0.311 e. The van der Waals surface area contributed by atoms with Crippen molar-refractivity contribution in [3.8, 4) is 22.8 Å². The zero-order valence-electron chi connectivity index (χ0n) is 13.6. The highest BCUT2D eigenvalue weighted by Crippen LogP contribution is 2.30. The normalized spacial score (nSPS) is 10.5.